The van der Waals surface area contributed by atoms with E-state index < -0.39 is 11.7 Å². The van der Waals surface area contributed by atoms with Crippen LogP contribution in [0.4, 0.5) is 10.1 Å². The summed E-state index contributed by atoms with van der Waals surface area (Å²) in [4.78, 5) is 12.5. The first-order valence-corrected chi connectivity index (χ1v) is 9.01. The number of aromatic nitrogens is 2. The number of phenolic OH excluding ortho intramolecular Hbond substituents is 2. The zero-order valence-corrected chi connectivity index (χ0v) is 15.3. The Bertz CT molecular complexity index is 1050. The van der Waals surface area contributed by atoms with Crippen molar-refractivity contribution in [2.45, 2.75) is 6.10 Å². The number of hydrogen-bond donors (Lipinski definition) is 4. The van der Waals surface area contributed by atoms with E-state index in [0.29, 0.717) is 24.4 Å². The molecule has 8 nitrogen and oxygen atoms in total. The second-order valence-electron chi connectivity index (χ2n) is 6.60. The van der Waals surface area contributed by atoms with Crippen molar-refractivity contribution < 1.29 is 24.1 Å². The Kier molecular flexibility index (Phi) is 5.15. The maximum atomic E-state index is 14.5. The van der Waals surface area contributed by atoms with E-state index in [-0.39, 0.29) is 28.9 Å². The molecular weight excluding hydrogens is 379 g/mol. The van der Waals surface area contributed by atoms with Gasteiger partial charge in [0.15, 0.2) is 11.5 Å². The number of morpholine rings is 1. The van der Waals surface area contributed by atoms with Crippen LogP contribution in [0.1, 0.15) is 22.0 Å². The van der Waals surface area contributed by atoms with Gasteiger partial charge >= 0.3 is 0 Å². The largest absolute Gasteiger partial charge is 0.504 e. The van der Waals surface area contributed by atoms with E-state index in [9.17, 15) is 19.4 Å². The molecule has 29 heavy (non-hydrogen) atoms. The van der Waals surface area contributed by atoms with Crippen molar-refractivity contribution in [2.24, 2.45) is 0 Å². The summed E-state index contributed by atoms with van der Waals surface area (Å²) in [5.41, 5.74) is 1.42. The first-order chi connectivity index (χ1) is 14.0. The molecule has 1 saturated heterocycles. The molecular formula is C20H19FN4O4. The number of benzene rings is 2. The van der Waals surface area contributed by atoms with Gasteiger partial charge in [-0.15, -0.1) is 0 Å². The van der Waals surface area contributed by atoms with E-state index in [1.165, 1.54) is 47.4 Å². The standard InChI is InChI=1S/C20H19FN4O4/c21-15-7-12(19-10-22-5-6-29-19)1-3-16(15)24-20(28)13-9-23-25(11-13)14-2-4-17(26)18(27)8-14/h1-4,7-9,11,19,22,26-27H,5-6,10H2,(H,24,28)/t19-/m1/s1. The van der Waals surface area contributed by atoms with Crippen molar-refractivity contribution in [1.29, 1.82) is 0 Å². The number of nitrogens with zero attached hydrogens (tertiary/aromatic N) is 2. The monoisotopic (exact) mass is 398 g/mol. The highest BCUT2D eigenvalue weighted by atomic mass is 19.1. The van der Waals surface area contributed by atoms with E-state index in [1.807, 2.05) is 0 Å². The molecule has 2 heterocycles. The summed E-state index contributed by atoms with van der Waals surface area (Å²) < 4.78 is 21.4. The molecule has 3 aromatic rings. The molecule has 1 amide bonds. The molecule has 1 fully saturated rings. The highest BCUT2D eigenvalue weighted by molar-refractivity contribution is 6.04. The van der Waals surface area contributed by atoms with Crippen LogP contribution in [-0.4, -0.2) is 45.6 Å². The van der Waals surface area contributed by atoms with Crippen LogP contribution in [0.2, 0.25) is 0 Å². The summed E-state index contributed by atoms with van der Waals surface area (Å²) in [5, 5.41) is 28.8. The minimum absolute atomic E-state index is 0.0533. The molecule has 0 bridgehead atoms. The van der Waals surface area contributed by atoms with Crippen LogP contribution >= 0.6 is 0 Å². The Balaban J connectivity index is 1.48. The summed E-state index contributed by atoms with van der Waals surface area (Å²) >= 11 is 0. The molecule has 1 aromatic heterocycles. The van der Waals surface area contributed by atoms with Crippen molar-refractivity contribution >= 4 is 11.6 Å². The van der Waals surface area contributed by atoms with Gasteiger partial charge in [0.25, 0.3) is 5.91 Å². The number of anilines is 1. The predicted molar refractivity (Wildman–Crippen MR) is 103 cm³/mol. The number of nitrogens with one attached hydrogen (secondary N) is 2. The molecule has 4 N–H and O–H groups in total. The van der Waals surface area contributed by atoms with Gasteiger partial charge < -0.3 is 25.6 Å². The molecule has 0 spiro atoms. The third kappa shape index (κ3) is 4.05. The minimum atomic E-state index is -0.555. The van der Waals surface area contributed by atoms with Crippen LogP contribution in [0.25, 0.3) is 5.69 Å². The molecule has 0 aliphatic carbocycles. The number of phenols is 2. The van der Waals surface area contributed by atoms with E-state index in [4.69, 9.17) is 4.74 Å². The lowest BCUT2D eigenvalue weighted by Crippen LogP contribution is -2.33. The van der Waals surface area contributed by atoms with Gasteiger partial charge in [-0.3, -0.25) is 4.79 Å². The van der Waals surface area contributed by atoms with Gasteiger partial charge in [0, 0.05) is 25.4 Å². The highest BCUT2D eigenvalue weighted by Gasteiger charge is 2.18. The number of carbonyl (C=O) groups is 1. The predicted octanol–water partition coefficient (Wildman–Crippen LogP) is 2.34. The molecule has 0 saturated carbocycles. The maximum absolute atomic E-state index is 14.5. The van der Waals surface area contributed by atoms with Crippen LogP contribution in [0.15, 0.2) is 48.8 Å². The summed E-state index contributed by atoms with van der Waals surface area (Å²) in [5.74, 6) is -1.64. The Morgan fingerprint density at radius 2 is 2.10 bits per heavy atom. The third-order valence-corrected chi connectivity index (χ3v) is 4.61. The molecule has 150 valence electrons. The molecule has 1 atom stereocenters. The topological polar surface area (TPSA) is 109 Å². The van der Waals surface area contributed by atoms with Crippen LogP contribution in [0.3, 0.4) is 0 Å². The normalized spacial score (nSPS) is 16.5. The highest BCUT2D eigenvalue weighted by Crippen LogP contribution is 2.27. The Morgan fingerprint density at radius 3 is 2.83 bits per heavy atom. The second kappa shape index (κ2) is 7.90. The number of ether oxygens (including phenoxy) is 1. The summed E-state index contributed by atoms with van der Waals surface area (Å²) in [6.45, 7) is 1.94. The summed E-state index contributed by atoms with van der Waals surface area (Å²) in [6, 6.07) is 8.74. The average molecular weight is 398 g/mol. The molecule has 4 rings (SSSR count). The van der Waals surface area contributed by atoms with E-state index >= 15 is 0 Å². The Labute approximate surface area is 165 Å². The van der Waals surface area contributed by atoms with Crippen molar-refractivity contribution in [2.75, 3.05) is 25.0 Å². The van der Waals surface area contributed by atoms with Crippen molar-refractivity contribution in [3.05, 3.63) is 65.7 Å². The zero-order valence-electron chi connectivity index (χ0n) is 15.3. The van der Waals surface area contributed by atoms with Gasteiger partial charge in [0.2, 0.25) is 0 Å². The Morgan fingerprint density at radius 1 is 1.24 bits per heavy atom. The first-order valence-electron chi connectivity index (χ1n) is 9.01. The molecule has 2 aromatic carbocycles. The van der Waals surface area contributed by atoms with Gasteiger partial charge in [-0.1, -0.05) is 6.07 Å². The van der Waals surface area contributed by atoms with E-state index in [1.54, 1.807) is 6.07 Å². The van der Waals surface area contributed by atoms with E-state index in [0.717, 1.165) is 6.54 Å². The Hall–Kier alpha value is -3.43. The van der Waals surface area contributed by atoms with E-state index in [2.05, 4.69) is 15.7 Å². The molecule has 1 aliphatic rings. The quantitative estimate of drug-likeness (QED) is 0.503. The summed E-state index contributed by atoms with van der Waals surface area (Å²) in [7, 11) is 0. The number of carbonyl (C=O) groups excluding carboxylic acids is 1. The summed E-state index contributed by atoms with van der Waals surface area (Å²) in [6.07, 6.45) is 2.55. The van der Waals surface area contributed by atoms with Crippen molar-refractivity contribution in [1.82, 2.24) is 15.1 Å². The minimum Gasteiger partial charge on any atom is -0.504 e. The molecule has 9 heteroatoms. The fourth-order valence-electron chi connectivity index (χ4n) is 3.04. The lowest BCUT2D eigenvalue weighted by atomic mass is 10.1. The SMILES string of the molecule is O=C(Nc1ccc([C@H]2CNCCO2)cc1F)c1cnn(-c2ccc(O)c(O)c2)c1. The lowest BCUT2D eigenvalue weighted by molar-refractivity contribution is 0.0275. The van der Waals surface area contributed by atoms with Gasteiger partial charge in [0.1, 0.15) is 5.82 Å². The van der Waals surface area contributed by atoms with Crippen molar-refractivity contribution in [3.63, 3.8) is 0 Å². The molecule has 0 unspecified atom stereocenters. The van der Waals surface area contributed by atoms with Gasteiger partial charge in [-0.05, 0) is 29.8 Å². The van der Waals surface area contributed by atoms with Crippen LogP contribution in [-0.2, 0) is 4.74 Å². The lowest BCUT2D eigenvalue weighted by Gasteiger charge is -2.24. The smallest absolute Gasteiger partial charge is 0.258 e. The van der Waals surface area contributed by atoms with Crippen LogP contribution in [0, 0.1) is 5.82 Å². The number of hydrogen-bond acceptors (Lipinski definition) is 6. The average Bonchev–Trinajstić information content (AvgIpc) is 3.22. The number of rotatable bonds is 4. The maximum Gasteiger partial charge on any atom is 0.258 e. The van der Waals surface area contributed by atoms with Gasteiger partial charge in [0.05, 0.1) is 35.8 Å². The van der Waals surface area contributed by atoms with Gasteiger partial charge in [-0.2, -0.15) is 5.10 Å². The number of halogens is 1. The second-order valence-corrected chi connectivity index (χ2v) is 6.60. The molecule has 0 radical (unpaired) electrons. The zero-order chi connectivity index (χ0) is 20.4. The van der Waals surface area contributed by atoms with Crippen LogP contribution in [0.5, 0.6) is 11.5 Å². The van der Waals surface area contributed by atoms with Gasteiger partial charge in [-0.25, -0.2) is 9.07 Å². The third-order valence-electron chi connectivity index (χ3n) is 4.61. The fourth-order valence-corrected chi connectivity index (χ4v) is 3.04. The molecule has 1 aliphatic heterocycles. The number of amides is 1. The van der Waals surface area contributed by atoms with Crippen molar-refractivity contribution in [3.8, 4) is 17.2 Å². The van der Waals surface area contributed by atoms with Crippen LogP contribution < -0.4 is 10.6 Å². The number of aromatic hydroxyl groups is 2. The first kappa shape index (κ1) is 18.9. The fraction of sp³-hybridized carbons (Fsp3) is 0.200.